The van der Waals surface area contributed by atoms with E-state index in [0.29, 0.717) is 11.3 Å². The summed E-state index contributed by atoms with van der Waals surface area (Å²) in [5, 5.41) is 17.3. The number of H-pyrrole nitrogens is 1. The van der Waals surface area contributed by atoms with Gasteiger partial charge in [-0.05, 0) is 49.6 Å². The van der Waals surface area contributed by atoms with Gasteiger partial charge in [0.25, 0.3) is 0 Å². The molecule has 0 atom stereocenters. The van der Waals surface area contributed by atoms with Crippen LogP contribution in [0.1, 0.15) is 19.3 Å². The van der Waals surface area contributed by atoms with E-state index in [9.17, 15) is 9.50 Å². The predicted molar refractivity (Wildman–Crippen MR) is 97.1 cm³/mol. The van der Waals surface area contributed by atoms with Crippen LogP contribution in [0.5, 0.6) is 5.75 Å². The highest BCUT2D eigenvalue weighted by molar-refractivity contribution is 5.79. The molecule has 2 N–H and O–H groups in total. The van der Waals surface area contributed by atoms with Gasteiger partial charge in [0.05, 0.1) is 11.4 Å². The number of rotatable bonds is 3. The second-order valence-electron chi connectivity index (χ2n) is 6.39. The summed E-state index contributed by atoms with van der Waals surface area (Å²) >= 11 is 0. The van der Waals surface area contributed by atoms with Crippen molar-refractivity contribution in [1.29, 1.82) is 0 Å². The van der Waals surface area contributed by atoms with Crippen molar-refractivity contribution in [3.8, 4) is 28.3 Å². The quantitative estimate of drug-likeness (QED) is 0.735. The molecule has 0 saturated carbocycles. The Hall–Kier alpha value is -2.82. The van der Waals surface area contributed by atoms with Crippen molar-refractivity contribution in [1.82, 2.24) is 10.2 Å². The van der Waals surface area contributed by atoms with Crippen molar-refractivity contribution in [2.24, 2.45) is 0 Å². The van der Waals surface area contributed by atoms with E-state index in [0.717, 1.165) is 24.3 Å². The van der Waals surface area contributed by atoms with Crippen molar-refractivity contribution in [3.05, 3.63) is 54.3 Å². The highest BCUT2D eigenvalue weighted by atomic mass is 19.1. The van der Waals surface area contributed by atoms with Gasteiger partial charge in [-0.15, -0.1) is 0 Å². The fraction of sp³-hybridized carbons (Fsp3) is 0.250. The molecule has 0 unspecified atom stereocenters. The standard InChI is InChI=1S/C20H20FN3O/c21-14-8-9-20(25)16(12-14)18-13-17(22-23-18)15-6-2-3-7-19(15)24-10-4-1-5-11-24/h2-3,6-9,12-13,25H,1,4-5,10-11H2,(H,22,23). The number of halogens is 1. The molecule has 1 aliphatic heterocycles. The summed E-state index contributed by atoms with van der Waals surface area (Å²) in [5.41, 5.74) is 4.03. The summed E-state index contributed by atoms with van der Waals surface area (Å²) in [4.78, 5) is 2.40. The molecule has 4 nitrogen and oxygen atoms in total. The molecule has 0 aliphatic carbocycles. The van der Waals surface area contributed by atoms with Gasteiger partial charge in [0.2, 0.25) is 0 Å². The van der Waals surface area contributed by atoms with Gasteiger partial charge in [0.1, 0.15) is 11.6 Å². The van der Waals surface area contributed by atoms with Crippen LogP contribution in [0.25, 0.3) is 22.5 Å². The van der Waals surface area contributed by atoms with Crippen molar-refractivity contribution < 1.29 is 9.50 Å². The Morgan fingerprint density at radius 3 is 2.60 bits per heavy atom. The molecule has 1 saturated heterocycles. The number of anilines is 1. The Morgan fingerprint density at radius 2 is 1.76 bits per heavy atom. The van der Waals surface area contributed by atoms with Crippen LogP contribution in [0.15, 0.2) is 48.5 Å². The van der Waals surface area contributed by atoms with Gasteiger partial charge in [-0.3, -0.25) is 5.10 Å². The smallest absolute Gasteiger partial charge is 0.125 e. The van der Waals surface area contributed by atoms with Gasteiger partial charge in [0.15, 0.2) is 0 Å². The van der Waals surface area contributed by atoms with Gasteiger partial charge in [-0.1, -0.05) is 18.2 Å². The average Bonchev–Trinajstić information content (AvgIpc) is 3.14. The first-order chi connectivity index (χ1) is 12.2. The lowest BCUT2D eigenvalue weighted by Crippen LogP contribution is -2.29. The number of hydrogen-bond acceptors (Lipinski definition) is 3. The van der Waals surface area contributed by atoms with Crippen LogP contribution in [0.4, 0.5) is 10.1 Å². The summed E-state index contributed by atoms with van der Waals surface area (Å²) in [6, 6.07) is 14.0. The number of benzene rings is 2. The Morgan fingerprint density at radius 1 is 0.960 bits per heavy atom. The van der Waals surface area contributed by atoms with Crippen molar-refractivity contribution in [2.45, 2.75) is 19.3 Å². The first-order valence-electron chi connectivity index (χ1n) is 8.61. The number of para-hydroxylation sites is 1. The third-order valence-electron chi connectivity index (χ3n) is 4.70. The number of nitrogens with one attached hydrogen (secondary N) is 1. The molecule has 1 aromatic heterocycles. The summed E-state index contributed by atoms with van der Waals surface area (Å²) in [5.74, 6) is -0.380. The third kappa shape index (κ3) is 3.09. The van der Waals surface area contributed by atoms with Crippen molar-refractivity contribution in [3.63, 3.8) is 0 Å². The van der Waals surface area contributed by atoms with E-state index in [4.69, 9.17) is 0 Å². The Bertz CT molecular complexity index is 884. The molecule has 4 rings (SSSR count). The lowest BCUT2D eigenvalue weighted by Gasteiger charge is -2.30. The van der Waals surface area contributed by atoms with Crippen LogP contribution >= 0.6 is 0 Å². The van der Waals surface area contributed by atoms with Crippen LogP contribution in [0.3, 0.4) is 0 Å². The molecular formula is C20H20FN3O. The lowest BCUT2D eigenvalue weighted by molar-refractivity contribution is 0.475. The second-order valence-corrected chi connectivity index (χ2v) is 6.39. The number of nitrogens with zero attached hydrogens (tertiary/aromatic N) is 2. The van der Waals surface area contributed by atoms with Crippen LogP contribution in [-0.4, -0.2) is 28.4 Å². The summed E-state index contributed by atoms with van der Waals surface area (Å²) in [7, 11) is 0. The minimum Gasteiger partial charge on any atom is -0.507 e. The summed E-state index contributed by atoms with van der Waals surface area (Å²) < 4.78 is 13.5. The molecular weight excluding hydrogens is 317 g/mol. The number of aromatic nitrogens is 2. The van der Waals surface area contributed by atoms with Crippen molar-refractivity contribution >= 4 is 5.69 Å². The monoisotopic (exact) mass is 337 g/mol. The molecule has 2 aromatic carbocycles. The Labute approximate surface area is 145 Å². The molecule has 3 aromatic rings. The maximum atomic E-state index is 13.5. The maximum Gasteiger partial charge on any atom is 0.125 e. The highest BCUT2D eigenvalue weighted by Crippen LogP contribution is 2.35. The molecule has 25 heavy (non-hydrogen) atoms. The molecule has 1 fully saturated rings. The predicted octanol–water partition coefficient (Wildman–Crippen LogP) is 4.58. The zero-order valence-electron chi connectivity index (χ0n) is 13.9. The zero-order valence-corrected chi connectivity index (χ0v) is 13.9. The SMILES string of the molecule is Oc1ccc(F)cc1-c1cc(-c2ccccc2N2CCCCC2)[nH]n1. The minimum atomic E-state index is -0.397. The molecule has 0 amide bonds. The van der Waals surface area contributed by atoms with Crippen LogP contribution in [-0.2, 0) is 0 Å². The minimum absolute atomic E-state index is 0.0174. The van der Waals surface area contributed by atoms with E-state index in [-0.39, 0.29) is 5.75 Å². The van der Waals surface area contributed by atoms with Gasteiger partial charge in [-0.2, -0.15) is 5.10 Å². The molecule has 128 valence electrons. The average molecular weight is 337 g/mol. The normalized spacial score (nSPS) is 14.7. The van der Waals surface area contributed by atoms with Crippen LogP contribution < -0.4 is 4.90 Å². The van der Waals surface area contributed by atoms with E-state index in [2.05, 4.69) is 27.2 Å². The Kier molecular flexibility index (Phi) is 4.14. The van der Waals surface area contributed by atoms with Gasteiger partial charge in [0, 0.05) is 29.9 Å². The molecule has 0 bridgehead atoms. The molecule has 1 aliphatic rings. The fourth-order valence-electron chi connectivity index (χ4n) is 3.42. The largest absolute Gasteiger partial charge is 0.507 e. The van der Waals surface area contributed by atoms with Gasteiger partial charge < -0.3 is 10.0 Å². The zero-order chi connectivity index (χ0) is 17.2. The number of aromatic hydroxyl groups is 1. The summed E-state index contributed by atoms with van der Waals surface area (Å²) in [6.07, 6.45) is 3.70. The van der Waals surface area contributed by atoms with E-state index in [1.807, 2.05) is 18.2 Å². The van der Waals surface area contributed by atoms with E-state index in [1.165, 1.54) is 43.1 Å². The first kappa shape index (κ1) is 15.7. The lowest BCUT2D eigenvalue weighted by atomic mass is 10.0. The highest BCUT2D eigenvalue weighted by Gasteiger charge is 2.17. The number of hydrogen-bond donors (Lipinski definition) is 2. The maximum absolute atomic E-state index is 13.5. The first-order valence-corrected chi connectivity index (χ1v) is 8.61. The van der Waals surface area contributed by atoms with E-state index < -0.39 is 5.82 Å². The number of aromatic amines is 1. The van der Waals surface area contributed by atoms with Crippen molar-refractivity contribution in [2.75, 3.05) is 18.0 Å². The number of phenolic OH excluding ortho intramolecular Hbond substituents is 1. The Balaban J connectivity index is 1.72. The number of piperidine rings is 1. The molecule has 5 heteroatoms. The second kappa shape index (κ2) is 6.59. The molecule has 0 spiro atoms. The molecule has 2 heterocycles. The van der Waals surface area contributed by atoms with Gasteiger partial charge in [-0.25, -0.2) is 4.39 Å². The molecule has 0 radical (unpaired) electrons. The fourth-order valence-corrected chi connectivity index (χ4v) is 3.42. The number of phenols is 1. The summed E-state index contributed by atoms with van der Waals surface area (Å²) in [6.45, 7) is 2.12. The van der Waals surface area contributed by atoms with E-state index >= 15 is 0 Å². The topological polar surface area (TPSA) is 52.1 Å². The van der Waals surface area contributed by atoms with Crippen LogP contribution in [0, 0.1) is 5.82 Å². The van der Waals surface area contributed by atoms with Crippen LogP contribution in [0.2, 0.25) is 0 Å². The van der Waals surface area contributed by atoms with Gasteiger partial charge >= 0.3 is 0 Å². The third-order valence-corrected chi connectivity index (χ3v) is 4.70. The van der Waals surface area contributed by atoms with E-state index in [1.54, 1.807) is 0 Å².